The lowest BCUT2D eigenvalue weighted by Gasteiger charge is -2.31. The van der Waals surface area contributed by atoms with Crippen LogP contribution in [0.15, 0.2) is 30.3 Å². The van der Waals surface area contributed by atoms with Crippen molar-refractivity contribution in [3.8, 4) is 0 Å². The second kappa shape index (κ2) is 5.97. The molecule has 0 saturated carbocycles. The molecular weight excluding hydrogens is 210 g/mol. The number of carbonyl (C=O) groups is 1. The van der Waals surface area contributed by atoms with Crippen LogP contribution in [-0.2, 0) is 11.2 Å². The first-order chi connectivity index (χ1) is 8.27. The number of benzene rings is 1. The molecule has 0 radical (unpaired) electrons. The van der Waals surface area contributed by atoms with Gasteiger partial charge in [-0.3, -0.25) is 9.69 Å². The van der Waals surface area contributed by atoms with Gasteiger partial charge in [-0.25, -0.2) is 0 Å². The quantitative estimate of drug-likeness (QED) is 0.794. The predicted octanol–water partition coefficient (Wildman–Crippen LogP) is 2.67. The van der Waals surface area contributed by atoms with Crippen molar-refractivity contribution in [1.82, 2.24) is 4.90 Å². The summed E-state index contributed by atoms with van der Waals surface area (Å²) in [5.74, 6) is 0.345. The van der Waals surface area contributed by atoms with Gasteiger partial charge in [0.2, 0.25) is 0 Å². The van der Waals surface area contributed by atoms with Crippen molar-refractivity contribution < 1.29 is 4.79 Å². The van der Waals surface area contributed by atoms with E-state index in [1.165, 1.54) is 19.3 Å². The normalized spacial score (nSPS) is 18.9. The highest BCUT2D eigenvalue weighted by atomic mass is 16.1. The van der Waals surface area contributed by atoms with Gasteiger partial charge in [-0.05, 0) is 38.4 Å². The van der Waals surface area contributed by atoms with E-state index in [0.717, 1.165) is 18.7 Å². The molecule has 0 amide bonds. The standard InChI is InChI=1S/C15H21NO/c1-13(16-10-6-3-7-11-16)15(17)12-14-8-4-2-5-9-14/h2,4-5,8-9,13H,3,6-7,10-12H2,1H3. The first-order valence-corrected chi connectivity index (χ1v) is 6.58. The summed E-state index contributed by atoms with van der Waals surface area (Å²) < 4.78 is 0. The number of hydrogen-bond acceptors (Lipinski definition) is 2. The van der Waals surface area contributed by atoms with Gasteiger partial charge in [-0.15, -0.1) is 0 Å². The zero-order valence-corrected chi connectivity index (χ0v) is 10.6. The highest BCUT2D eigenvalue weighted by Gasteiger charge is 2.22. The highest BCUT2D eigenvalue weighted by Crippen LogP contribution is 2.14. The molecule has 92 valence electrons. The fourth-order valence-electron chi connectivity index (χ4n) is 2.45. The first kappa shape index (κ1) is 12.3. The second-order valence-electron chi connectivity index (χ2n) is 4.90. The second-order valence-corrected chi connectivity index (χ2v) is 4.90. The van der Waals surface area contributed by atoms with Crippen molar-refractivity contribution in [1.29, 1.82) is 0 Å². The van der Waals surface area contributed by atoms with Crippen molar-refractivity contribution >= 4 is 5.78 Å². The summed E-state index contributed by atoms with van der Waals surface area (Å²) in [5, 5.41) is 0. The first-order valence-electron chi connectivity index (χ1n) is 6.58. The molecule has 2 nitrogen and oxygen atoms in total. The molecule has 1 aliphatic rings. The molecule has 0 N–H and O–H groups in total. The fourth-order valence-corrected chi connectivity index (χ4v) is 2.45. The zero-order valence-electron chi connectivity index (χ0n) is 10.6. The van der Waals surface area contributed by atoms with Gasteiger partial charge in [-0.2, -0.15) is 0 Å². The van der Waals surface area contributed by atoms with Crippen molar-refractivity contribution in [2.45, 2.75) is 38.6 Å². The molecule has 0 aromatic heterocycles. The molecule has 1 fully saturated rings. The van der Waals surface area contributed by atoms with Gasteiger partial charge in [0.25, 0.3) is 0 Å². The van der Waals surface area contributed by atoms with Crippen LogP contribution in [0.25, 0.3) is 0 Å². The van der Waals surface area contributed by atoms with Crippen LogP contribution in [0.3, 0.4) is 0 Å². The number of hydrogen-bond donors (Lipinski definition) is 0. The van der Waals surface area contributed by atoms with Gasteiger partial charge in [0.05, 0.1) is 6.04 Å². The van der Waals surface area contributed by atoms with Crippen LogP contribution >= 0.6 is 0 Å². The van der Waals surface area contributed by atoms with Gasteiger partial charge in [0.15, 0.2) is 5.78 Å². The van der Waals surface area contributed by atoms with E-state index in [0.29, 0.717) is 12.2 Å². The maximum atomic E-state index is 12.2. The van der Waals surface area contributed by atoms with E-state index in [-0.39, 0.29) is 6.04 Å². The topological polar surface area (TPSA) is 20.3 Å². The average molecular weight is 231 g/mol. The number of nitrogens with zero attached hydrogens (tertiary/aromatic N) is 1. The predicted molar refractivity (Wildman–Crippen MR) is 70.0 cm³/mol. The van der Waals surface area contributed by atoms with Crippen LogP contribution in [0.5, 0.6) is 0 Å². The molecule has 1 aromatic rings. The Morgan fingerprint density at radius 3 is 2.47 bits per heavy atom. The molecular formula is C15H21NO. The Morgan fingerprint density at radius 2 is 1.82 bits per heavy atom. The van der Waals surface area contributed by atoms with Crippen molar-refractivity contribution in [3.05, 3.63) is 35.9 Å². The summed E-state index contributed by atoms with van der Waals surface area (Å²) in [6, 6.07) is 10.1. The third-order valence-corrected chi connectivity index (χ3v) is 3.63. The van der Waals surface area contributed by atoms with Crippen LogP contribution in [0, 0.1) is 0 Å². The molecule has 2 rings (SSSR count). The molecule has 1 heterocycles. The van der Waals surface area contributed by atoms with E-state index < -0.39 is 0 Å². The van der Waals surface area contributed by atoms with E-state index in [4.69, 9.17) is 0 Å². The van der Waals surface area contributed by atoms with Gasteiger partial charge >= 0.3 is 0 Å². The Bertz CT molecular complexity index is 354. The molecule has 0 aliphatic carbocycles. The summed E-state index contributed by atoms with van der Waals surface area (Å²) in [6.07, 6.45) is 4.36. The zero-order chi connectivity index (χ0) is 12.1. The summed E-state index contributed by atoms with van der Waals surface area (Å²) in [5.41, 5.74) is 1.13. The third kappa shape index (κ3) is 3.40. The Balaban J connectivity index is 1.90. The van der Waals surface area contributed by atoms with Gasteiger partial charge in [-0.1, -0.05) is 36.8 Å². The third-order valence-electron chi connectivity index (χ3n) is 3.63. The molecule has 1 saturated heterocycles. The number of Topliss-reactive ketones (excluding diaryl/α,β-unsaturated/α-hetero) is 1. The van der Waals surface area contributed by atoms with E-state index in [9.17, 15) is 4.79 Å². The van der Waals surface area contributed by atoms with Crippen molar-refractivity contribution in [2.75, 3.05) is 13.1 Å². The molecule has 1 aromatic carbocycles. The molecule has 1 aliphatic heterocycles. The van der Waals surface area contributed by atoms with E-state index >= 15 is 0 Å². The van der Waals surface area contributed by atoms with Gasteiger partial charge < -0.3 is 0 Å². The van der Waals surface area contributed by atoms with Gasteiger partial charge in [0, 0.05) is 6.42 Å². The lowest BCUT2D eigenvalue weighted by molar-refractivity contribution is -0.123. The number of rotatable bonds is 4. The van der Waals surface area contributed by atoms with Crippen LogP contribution in [-0.4, -0.2) is 29.8 Å². The maximum absolute atomic E-state index is 12.2. The molecule has 0 bridgehead atoms. The minimum absolute atomic E-state index is 0.0792. The van der Waals surface area contributed by atoms with E-state index in [1.54, 1.807) is 0 Å². The lowest BCUT2D eigenvalue weighted by atomic mass is 10.0. The van der Waals surface area contributed by atoms with E-state index in [1.807, 2.05) is 30.3 Å². The molecule has 1 unspecified atom stereocenters. The maximum Gasteiger partial charge on any atom is 0.154 e. The molecule has 2 heteroatoms. The summed E-state index contributed by atoms with van der Waals surface area (Å²) in [6.45, 7) is 4.22. The Labute approximate surface area is 104 Å². The van der Waals surface area contributed by atoms with Gasteiger partial charge in [0.1, 0.15) is 0 Å². The Hall–Kier alpha value is -1.15. The minimum atomic E-state index is 0.0792. The largest absolute Gasteiger partial charge is 0.298 e. The highest BCUT2D eigenvalue weighted by molar-refractivity contribution is 5.85. The summed E-state index contributed by atoms with van der Waals surface area (Å²) in [7, 11) is 0. The van der Waals surface area contributed by atoms with Crippen molar-refractivity contribution in [2.24, 2.45) is 0 Å². The van der Waals surface area contributed by atoms with Crippen LogP contribution < -0.4 is 0 Å². The smallest absolute Gasteiger partial charge is 0.154 e. The Kier molecular flexibility index (Phi) is 4.32. The van der Waals surface area contributed by atoms with Crippen molar-refractivity contribution in [3.63, 3.8) is 0 Å². The lowest BCUT2D eigenvalue weighted by Crippen LogP contribution is -2.42. The van der Waals surface area contributed by atoms with Crippen LogP contribution in [0.1, 0.15) is 31.7 Å². The molecule has 1 atom stereocenters. The number of piperidine rings is 1. The van der Waals surface area contributed by atoms with E-state index in [2.05, 4.69) is 11.8 Å². The number of likely N-dealkylation sites (tertiary alicyclic amines) is 1. The van der Waals surface area contributed by atoms with Crippen LogP contribution in [0.4, 0.5) is 0 Å². The average Bonchev–Trinajstić information content (AvgIpc) is 2.40. The molecule has 17 heavy (non-hydrogen) atoms. The summed E-state index contributed by atoms with van der Waals surface area (Å²) >= 11 is 0. The summed E-state index contributed by atoms with van der Waals surface area (Å²) in [4.78, 5) is 14.5. The number of carbonyl (C=O) groups excluding carboxylic acids is 1. The minimum Gasteiger partial charge on any atom is -0.298 e. The SMILES string of the molecule is CC(C(=O)Cc1ccccc1)N1CCCCC1. The van der Waals surface area contributed by atoms with Crippen LogP contribution in [0.2, 0.25) is 0 Å². The molecule has 0 spiro atoms. The Morgan fingerprint density at radius 1 is 1.18 bits per heavy atom. The number of ketones is 1. The fraction of sp³-hybridized carbons (Fsp3) is 0.533. The monoisotopic (exact) mass is 231 g/mol.